The number of hydrogen-bond acceptors (Lipinski definition) is 1. The molecule has 1 fully saturated rings. The lowest BCUT2D eigenvalue weighted by molar-refractivity contribution is 0.377. The minimum atomic E-state index is -0.116. The van der Waals surface area contributed by atoms with Crippen molar-refractivity contribution in [2.45, 2.75) is 11.7 Å². The molecule has 1 heterocycles. The summed E-state index contributed by atoms with van der Waals surface area (Å²) >= 11 is 0. The lowest BCUT2D eigenvalue weighted by atomic mass is 10.0. The summed E-state index contributed by atoms with van der Waals surface area (Å²) in [5.41, 5.74) is -0.116. The number of epoxide rings is 1. The smallest absolute Gasteiger partial charge is 0.135 e. The summed E-state index contributed by atoms with van der Waals surface area (Å²) in [6, 6.07) is 0. The molecule has 0 saturated carbocycles. The molecule has 1 aliphatic heterocycles. The van der Waals surface area contributed by atoms with Crippen molar-refractivity contribution in [2.75, 3.05) is 0 Å². The van der Waals surface area contributed by atoms with E-state index in [9.17, 15) is 0 Å². The average molecular weight is 120 g/mol. The maximum absolute atomic E-state index is 5.32. The van der Waals surface area contributed by atoms with Crippen molar-refractivity contribution in [1.82, 2.24) is 0 Å². The van der Waals surface area contributed by atoms with Crippen molar-refractivity contribution >= 4 is 0 Å². The van der Waals surface area contributed by atoms with Gasteiger partial charge in [0.2, 0.25) is 0 Å². The van der Waals surface area contributed by atoms with Crippen molar-refractivity contribution in [3.63, 3.8) is 0 Å². The number of fused-ring (bicyclic) bond motifs is 1. The Bertz CT molecular complexity index is 203. The fraction of sp³-hybridized carbons (Fsp3) is 0.250. The van der Waals surface area contributed by atoms with Gasteiger partial charge in [-0.25, -0.2) is 0 Å². The summed E-state index contributed by atoms with van der Waals surface area (Å²) in [5.74, 6) is 0. The van der Waals surface area contributed by atoms with Crippen LogP contribution in [-0.2, 0) is 4.74 Å². The molecule has 0 radical (unpaired) electrons. The summed E-state index contributed by atoms with van der Waals surface area (Å²) in [5, 5.41) is 0. The van der Waals surface area contributed by atoms with Gasteiger partial charge in [-0.3, -0.25) is 0 Å². The van der Waals surface area contributed by atoms with Gasteiger partial charge in [-0.05, 0) is 6.08 Å². The van der Waals surface area contributed by atoms with Crippen LogP contribution in [0.3, 0.4) is 0 Å². The van der Waals surface area contributed by atoms with Gasteiger partial charge < -0.3 is 4.74 Å². The molecule has 2 rings (SSSR count). The molecule has 1 heteroatoms. The standard InChI is InChI=1S/C8H8O/c1-2-8-6-4-3-5-7(8)9-8/h2-7H,1H2. The molecule has 0 spiro atoms. The molecule has 1 aliphatic carbocycles. The van der Waals surface area contributed by atoms with Crippen LogP contribution >= 0.6 is 0 Å². The van der Waals surface area contributed by atoms with Gasteiger partial charge in [0.1, 0.15) is 11.7 Å². The average Bonchev–Trinajstić information content (AvgIpc) is 2.62. The SMILES string of the molecule is C=CC12C=CC=CC1O2. The molecule has 0 amide bonds. The Morgan fingerprint density at radius 1 is 1.56 bits per heavy atom. The summed E-state index contributed by atoms with van der Waals surface area (Å²) in [4.78, 5) is 0. The van der Waals surface area contributed by atoms with Gasteiger partial charge in [-0.1, -0.05) is 30.9 Å². The van der Waals surface area contributed by atoms with Crippen molar-refractivity contribution in [3.05, 3.63) is 37.0 Å². The number of hydrogen-bond donors (Lipinski definition) is 0. The molecule has 2 atom stereocenters. The highest BCUT2D eigenvalue weighted by molar-refractivity contribution is 5.36. The van der Waals surface area contributed by atoms with Gasteiger partial charge in [0.15, 0.2) is 0 Å². The highest BCUT2D eigenvalue weighted by Crippen LogP contribution is 2.41. The van der Waals surface area contributed by atoms with E-state index in [-0.39, 0.29) is 11.7 Å². The maximum atomic E-state index is 5.32. The molecule has 0 aromatic carbocycles. The van der Waals surface area contributed by atoms with Crippen LogP contribution in [0, 0.1) is 0 Å². The molecule has 0 aromatic heterocycles. The van der Waals surface area contributed by atoms with Gasteiger partial charge in [-0.2, -0.15) is 0 Å². The second-order valence-corrected chi connectivity index (χ2v) is 2.34. The number of allylic oxidation sites excluding steroid dienone is 2. The predicted octanol–water partition coefficient (Wildman–Crippen LogP) is 1.44. The van der Waals surface area contributed by atoms with Crippen molar-refractivity contribution < 1.29 is 4.74 Å². The zero-order chi connectivity index (χ0) is 6.32. The van der Waals surface area contributed by atoms with Crippen LogP contribution in [0.4, 0.5) is 0 Å². The Balaban J connectivity index is 2.32. The van der Waals surface area contributed by atoms with Gasteiger partial charge in [0.25, 0.3) is 0 Å². The minimum Gasteiger partial charge on any atom is -0.353 e. The van der Waals surface area contributed by atoms with Crippen LogP contribution in [0.5, 0.6) is 0 Å². The highest BCUT2D eigenvalue weighted by Gasteiger charge is 2.51. The van der Waals surface area contributed by atoms with Crippen LogP contribution in [0.25, 0.3) is 0 Å². The van der Waals surface area contributed by atoms with Crippen LogP contribution in [0.15, 0.2) is 37.0 Å². The normalized spacial score (nSPS) is 44.2. The van der Waals surface area contributed by atoms with E-state index in [1.165, 1.54) is 0 Å². The molecule has 9 heavy (non-hydrogen) atoms. The van der Waals surface area contributed by atoms with Gasteiger partial charge >= 0.3 is 0 Å². The van der Waals surface area contributed by atoms with Gasteiger partial charge in [0, 0.05) is 0 Å². The third-order valence-electron chi connectivity index (χ3n) is 1.79. The summed E-state index contributed by atoms with van der Waals surface area (Å²) in [6.07, 6.45) is 10.2. The van der Waals surface area contributed by atoms with E-state index in [1.54, 1.807) is 0 Å². The van der Waals surface area contributed by atoms with E-state index in [2.05, 4.69) is 6.58 Å². The lowest BCUT2D eigenvalue weighted by Crippen LogP contribution is -2.06. The Morgan fingerprint density at radius 3 is 3.00 bits per heavy atom. The van der Waals surface area contributed by atoms with E-state index in [1.807, 2.05) is 30.4 Å². The molecular weight excluding hydrogens is 112 g/mol. The second kappa shape index (κ2) is 1.36. The zero-order valence-electron chi connectivity index (χ0n) is 5.08. The van der Waals surface area contributed by atoms with E-state index in [4.69, 9.17) is 4.74 Å². The number of rotatable bonds is 1. The molecule has 2 aliphatic rings. The largest absolute Gasteiger partial charge is 0.353 e. The van der Waals surface area contributed by atoms with E-state index in [0.717, 1.165) is 0 Å². The Hall–Kier alpha value is -0.820. The van der Waals surface area contributed by atoms with Crippen LogP contribution in [0.1, 0.15) is 0 Å². The lowest BCUT2D eigenvalue weighted by Gasteiger charge is -1.98. The Morgan fingerprint density at radius 2 is 2.44 bits per heavy atom. The van der Waals surface area contributed by atoms with Crippen molar-refractivity contribution in [2.24, 2.45) is 0 Å². The fourth-order valence-corrected chi connectivity index (χ4v) is 1.11. The molecule has 1 nitrogen and oxygen atoms in total. The third kappa shape index (κ3) is 0.524. The minimum absolute atomic E-state index is 0.116. The highest BCUT2D eigenvalue weighted by atomic mass is 16.6. The van der Waals surface area contributed by atoms with Crippen LogP contribution in [-0.4, -0.2) is 11.7 Å². The first-order valence-electron chi connectivity index (χ1n) is 3.05. The molecule has 1 saturated heterocycles. The molecule has 0 aromatic rings. The van der Waals surface area contributed by atoms with Crippen LogP contribution in [0.2, 0.25) is 0 Å². The van der Waals surface area contributed by atoms with Crippen molar-refractivity contribution in [1.29, 1.82) is 0 Å². The summed E-state index contributed by atoms with van der Waals surface area (Å²) in [7, 11) is 0. The second-order valence-electron chi connectivity index (χ2n) is 2.34. The monoisotopic (exact) mass is 120 g/mol. The van der Waals surface area contributed by atoms with Crippen molar-refractivity contribution in [3.8, 4) is 0 Å². The van der Waals surface area contributed by atoms with E-state index >= 15 is 0 Å². The first-order chi connectivity index (χ1) is 4.37. The Labute approximate surface area is 54.3 Å². The van der Waals surface area contributed by atoms with Gasteiger partial charge in [-0.15, -0.1) is 0 Å². The summed E-state index contributed by atoms with van der Waals surface area (Å²) < 4.78 is 5.32. The quantitative estimate of drug-likeness (QED) is 0.377. The van der Waals surface area contributed by atoms with E-state index < -0.39 is 0 Å². The molecule has 2 unspecified atom stereocenters. The number of ether oxygens (including phenoxy) is 1. The maximum Gasteiger partial charge on any atom is 0.135 e. The fourth-order valence-electron chi connectivity index (χ4n) is 1.11. The molecule has 46 valence electrons. The van der Waals surface area contributed by atoms with Gasteiger partial charge in [0.05, 0.1) is 0 Å². The first kappa shape index (κ1) is 5.00. The molecule has 0 N–H and O–H groups in total. The third-order valence-corrected chi connectivity index (χ3v) is 1.79. The first-order valence-corrected chi connectivity index (χ1v) is 3.05. The van der Waals surface area contributed by atoms with E-state index in [0.29, 0.717) is 0 Å². The Kier molecular flexibility index (Phi) is 0.758. The molecule has 0 bridgehead atoms. The summed E-state index contributed by atoms with van der Waals surface area (Å²) in [6.45, 7) is 3.69. The van der Waals surface area contributed by atoms with Crippen LogP contribution < -0.4 is 0 Å². The predicted molar refractivity (Wildman–Crippen MR) is 36.1 cm³/mol. The zero-order valence-corrected chi connectivity index (χ0v) is 5.08. The molecular formula is C8H8O. The topological polar surface area (TPSA) is 12.5 Å².